The van der Waals surface area contributed by atoms with Crippen LogP contribution in [0.4, 0.5) is 11.6 Å². The third-order valence-electron chi connectivity index (χ3n) is 6.71. The molecule has 2 fully saturated rings. The van der Waals surface area contributed by atoms with Gasteiger partial charge >= 0.3 is 0 Å². The molecule has 0 aliphatic carbocycles. The van der Waals surface area contributed by atoms with Crippen molar-refractivity contribution in [2.24, 2.45) is 0 Å². The summed E-state index contributed by atoms with van der Waals surface area (Å²) in [4.78, 5) is 21.0. The van der Waals surface area contributed by atoms with Crippen LogP contribution in [0.1, 0.15) is 41.1 Å². The molecule has 1 unspecified atom stereocenters. The summed E-state index contributed by atoms with van der Waals surface area (Å²) in [6, 6.07) is 19.5. The van der Waals surface area contributed by atoms with Crippen LogP contribution in [0.15, 0.2) is 60.8 Å². The van der Waals surface area contributed by atoms with E-state index in [0.717, 1.165) is 30.0 Å². The average molecular weight is 468 g/mol. The van der Waals surface area contributed by atoms with Gasteiger partial charge in [-0.05, 0) is 61.1 Å². The second-order valence-corrected chi connectivity index (χ2v) is 8.99. The van der Waals surface area contributed by atoms with Crippen LogP contribution in [0.3, 0.4) is 0 Å². The Labute approximate surface area is 205 Å². The zero-order valence-corrected chi connectivity index (χ0v) is 19.7. The first-order chi connectivity index (χ1) is 17.2. The van der Waals surface area contributed by atoms with Crippen molar-refractivity contribution >= 4 is 17.5 Å². The van der Waals surface area contributed by atoms with Gasteiger partial charge in [0, 0.05) is 49.2 Å². The molecular formula is C27H29N7O. The fourth-order valence-corrected chi connectivity index (χ4v) is 4.82. The largest absolute Gasteiger partial charge is 0.339 e. The third-order valence-corrected chi connectivity index (χ3v) is 6.71. The van der Waals surface area contributed by atoms with Crippen molar-refractivity contribution < 1.29 is 4.79 Å². The maximum absolute atomic E-state index is 12.0. The molecule has 1 atom stereocenters. The van der Waals surface area contributed by atoms with Crippen molar-refractivity contribution in [3.05, 3.63) is 71.9 Å². The summed E-state index contributed by atoms with van der Waals surface area (Å²) in [5.74, 6) is 0.828. The minimum atomic E-state index is -0.270. The lowest BCUT2D eigenvalue weighted by molar-refractivity contribution is 0.0205. The van der Waals surface area contributed by atoms with Crippen molar-refractivity contribution in [2.45, 2.75) is 25.2 Å². The van der Waals surface area contributed by atoms with E-state index in [1.54, 1.807) is 18.3 Å². The molecule has 3 aromatic rings. The minimum absolute atomic E-state index is 0.0137. The lowest BCUT2D eigenvalue weighted by atomic mass is 9.98. The highest BCUT2D eigenvalue weighted by Gasteiger charge is 2.29. The van der Waals surface area contributed by atoms with Gasteiger partial charge in [0.1, 0.15) is 6.54 Å². The normalized spacial score (nSPS) is 18.3. The van der Waals surface area contributed by atoms with E-state index in [4.69, 9.17) is 5.26 Å². The molecule has 3 heterocycles. The van der Waals surface area contributed by atoms with E-state index in [1.165, 1.54) is 37.9 Å². The molecule has 0 saturated carbocycles. The Bertz CT molecular complexity index is 1200. The van der Waals surface area contributed by atoms with Crippen LogP contribution in [0.5, 0.6) is 0 Å². The lowest BCUT2D eigenvalue weighted by Crippen LogP contribution is -2.38. The molecule has 35 heavy (non-hydrogen) atoms. The first-order valence-electron chi connectivity index (χ1n) is 12.1. The van der Waals surface area contributed by atoms with E-state index in [-0.39, 0.29) is 12.5 Å². The van der Waals surface area contributed by atoms with Crippen molar-refractivity contribution in [3.63, 3.8) is 0 Å². The van der Waals surface area contributed by atoms with E-state index in [2.05, 4.69) is 54.9 Å². The summed E-state index contributed by atoms with van der Waals surface area (Å²) < 4.78 is 0. The monoisotopic (exact) mass is 467 g/mol. The van der Waals surface area contributed by atoms with Gasteiger partial charge in [-0.15, -0.1) is 0 Å². The number of hydrogen-bond acceptors (Lipinski definition) is 7. The smallest absolute Gasteiger partial charge is 0.252 e. The molecule has 0 bridgehead atoms. The van der Waals surface area contributed by atoms with Gasteiger partial charge in [-0.25, -0.2) is 20.0 Å². The molecule has 2 aromatic carbocycles. The molecule has 2 aliphatic heterocycles. The van der Waals surface area contributed by atoms with E-state index < -0.39 is 0 Å². The number of rotatable bonds is 7. The number of hydrogen-bond donors (Lipinski definition) is 2. The molecule has 5 rings (SSSR count). The van der Waals surface area contributed by atoms with Gasteiger partial charge < -0.3 is 10.6 Å². The summed E-state index contributed by atoms with van der Waals surface area (Å²) in [6.45, 7) is 4.65. The number of carbonyl (C=O) groups excluding carboxylic acids is 1. The fraction of sp³-hybridized carbons (Fsp3) is 0.333. The standard InChI is InChI=1S/C27H29N7O/c28-13-15-29-26(35)22-5-3-21(4-6-22)25-11-14-30-27(32-25)31-24-9-7-20(8-10-24)23-12-18-34(19-23)33-16-1-2-17-33/h3-11,14,23H,1-2,12,15-19H2,(H,29,35)(H,30,31,32). The van der Waals surface area contributed by atoms with Crippen molar-refractivity contribution in [1.82, 2.24) is 25.3 Å². The summed E-state index contributed by atoms with van der Waals surface area (Å²) in [5.41, 5.74) is 4.47. The van der Waals surface area contributed by atoms with Gasteiger partial charge in [0.2, 0.25) is 5.95 Å². The highest BCUT2D eigenvalue weighted by molar-refractivity contribution is 5.94. The summed E-state index contributed by atoms with van der Waals surface area (Å²) in [6.07, 6.45) is 5.55. The number of nitriles is 1. The lowest BCUT2D eigenvalue weighted by Gasteiger charge is -2.27. The predicted molar refractivity (Wildman–Crippen MR) is 135 cm³/mol. The third kappa shape index (κ3) is 5.48. The first kappa shape index (κ1) is 23.0. The number of aromatic nitrogens is 2. The molecule has 1 aromatic heterocycles. The van der Waals surface area contributed by atoms with Crippen molar-refractivity contribution in [3.8, 4) is 17.3 Å². The number of carbonyl (C=O) groups is 1. The van der Waals surface area contributed by atoms with Gasteiger partial charge in [0.15, 0.2) is 0 Å². The molecule has 8 heteroatoms. The predicted octanol–water partition coefficient (Wildman–Crippen LogP) is 3.94. The summed E-state index contributed by atoms with van der Waals surface area (Å²) >= 11 is 0. The van der Waals surface area contributed by atoms with E-state index in [1.807, 2.05) is 24.3 Å². The number of benzene rings is 2. The molecule has 178 valence electrons. The van der Waals surface area contributed by atoms with Crippen LogP contribution in [0.2, 0.25) is 0 Å². The highest BCUT2D eigenvalue weighted by atomic mass is 16.1. The molecule has 0 radical (unpaired) electrons. The molecular weight excluding hydrogens is 438 g/mol. The SMILES string of the molecule is N#CCNC(=O)c1ccc(-c2ccnc(Nc3ccc(C4CCN(N5CCCC5)C4)cc3)n2)cc1. The number of hydrazine groups is 1. The van der Waals surface area contributed by atoms with Crippen LogP contribution >= 0.6 is 0 Å². The van der Waals surface area contributed by atoms with Gasteiger partial charge in [-0.3, -0.25) is 4.79 Å². The first-order valence-corrected chi connectivity index (χ1v) is 12.1. The number of anilines is 2. The van der Waals surface area contributed by atoms with Crippen molar-refractivity contribution in [1.29, 1.82) is 5.26 Å². The molecule has 2 aliphatic rings. The molecule has 8 nitrogen and oxygen atoms in total. The zero-order valence-electron chi connectivity index (χ0n) is 19.7. The maximum Gasteiger partial charge on any atom is 0.252 e. The van der Waals surface area contributed by atoms with Crippen LogP contribution < -0.4 is 10.6 Å². The molecule has 0 spiro atoms. The van der Waals surface area contributed by atoms with Gasteiger partial charge in [-0.1, -0.05) is 24.3 Å². The number of amides is 1. The topological polar surface area (TPSA) is 97.2 Å². The van der Waals surface area contributed by atoms with Crippen LogP contribution in [0, 0.1) is 11.3 Å². The number of nitrogens with zero attached hydrogens (tertiary/aromatic N) is 5. The summed E-state index contributed by atoms with van der Waals surface area (Å²) in [5, 5.41) is 19.5. The van der Waals surface area contributed by atoms with Crippen LogP contribution in [-0.2, 0) is 0 Å². The second kappa shape index (κ2) is 10.6. The Morgan fingerprint density at radius 2 is 1.77 bits per heavy atom. The van der Waals surface area contributed by atoms with E-state index in [0.29, 0.717) is 17.4 Å². The van der Waals surface area contributed by atoms with Crippen LogP contribution in [0.25, 0.3) is 11.3 Å². The average Bonchev–Trinajstić information content (AvgIpc) is 3.61. The van der Waals surface area contributed by atoms with Gasteiger partial charge in [-0.2, -0.15) is 5.26 Å². The molecule has 2 saturated heterocycles. The van der Waals surface area contributed by atoms with Gasteiger partial charge in [0.05, 0.1) is 11.8 Å². The fourth-order valence-electron chi connectivity index (χ4n) is 4.82. The summed E-state index contributed by atoms with van der Waals surface area (Å²) in [7, 11) is 0. The molecule has 2 N–H and O–H groups in total. The molecule has 1 amide bonds. The second-order valence-electron chi connectivity index (χ2n) is 8.99. The minimum Gasteiger partial charge on any atom is -0.339 e. The Morgan fingerprint density at radius 3 is 2.51 bits per heavy atom. The zero-order chi connectivity index (χ0) is 24.0. The van der Waals surface area contributed by atoms with E-state index in [9.17, 15) is 4.79 Å². The Balaban J connectivity index is 1.21. The highest BCUT2D eigenvalue weighted by Crippen LogP contribution is 2.30. The van der Waals surface area contributed by atoms with E-state index >= 15 is 0 Å². The Morgan fingerprint density at radius 1 is 1.00 bits per heavy atom. The van der Waals surface area contributed by atoms with Gasteiger partial charge in [0.25, 0.3) is 5.91 Å². The van der Waals surface area contributed by atoms with Crippen molar-refractivity contribution in [2.75, 3.05) is 38.0 Å². The Hall–Kier alpha value is -3.80. The maximum atomic E-state index is 12.0. The quantitative estimate of drug-likeness (QED) is 0.508. The van der Waals surface area contributed by atoms with Crippen LogP contribution in [-0.4, -0.2) is 58.6 Å². The number of nitrogens with one attached hydrogen (secondary N) is 2. The Kier molecular flexibility index (Phi) is 6.98.